The van der Waals surface area contributed by atoms with Gasteiger partial charge in [0.1, 0.15) is 5.00 Å². The Morgan fingerprint density at radius 1 is 0.952 bits per heavy atom. The minimum atomic E-state index is -0.146. The number of anilines is 3. The Morgan fingerprint density at radius 2 is 1.62 bits per heavy atom. The number of amides is 1. The van der Waals surface area contributed by atoms with Crippen LogP contribution in [0.3, 0.4) is 0 Å². The van der Waals surface area contributed by atoms with Gasteiger partial charge < -0.3 is 10.6 Å². The Hall–Kier alpha value is -1.75. The van der Waals surface area contributed by atoms with E-state index in [0.717, 1.165) is 20.8 Å². The molecule has 1 aliphatic rings. The van der Waals surface area contributed by atoms with Gasteiger partial charge in [0.25, 0.3) is 5.91 Å². The van der Waals surface area contributed by atoms with Crippen molar-refractivity contribution in [2.45, 2.75) is 0 Å². The Balaban J connectivity index is 1.97. The van der Waals surface area contributed by atoms with E-state index in [0.29, 0.717) is 21.3 Å². The first-order chi connectivity index (χ1) is 10.1. The molecule has 0 radical (unpaired) electrons. The normalized spacial score (nSPS) is 13.1. The molecule has 0 aliphatic carbocycles. The summed E-state index contributed by atoms with van der Waals surface area (Å²) in [6.07, 6.45) is 0. The second kappa shape index (κ2) is 4.63. The number of rotatable bonds is 0. The monoisotopic (exact) mass is 334 g/mol. The first-order valence-corrected chi connectivity index (χ1v) is 7.79. The maximum absolute atomic E-state index is 12.5. The zero-order valence-electron chi connectivity index (χ0n) is 10.5. The van der Waals surface area contributed by atoms with Crippen molar-refractivity contribution in [3.05, 3.63) is 52.0 Å². The first-order valence-electron chi connectivity index (χ1n) is 6.22. The van der Waals surface area contributed by atoms with E-state index >= 15 is 0 Å². The molecule has 6 heteroatoms. The fraction of sp³-hybridized carbons (Fsp3) is 0. The number of nitrogens with one attached hydrogen (secondary N) is 2. The van der Waals surface area contributed by atoms with Gasteiger partial charge in [-0.15, -0.1) is 11.3 Å². The van der Waals surface area contributed by atoms with Crippen LogP contribution in [-0.4, -0.2) is 5.91 Å². The maximum Gasteiger partial charge on any atom is 0.259 e. The lowest BCUT2D eigenvalue weighted by atomic mass is 10.1. The molecule has 0 atom stereocenters. The SMILES string of the molecule is O=C1Nc2cc(Cl)c(Cl)cc2Nc2sc3ccccc3c21. The summed E-state index contributed by atoms with van der Waals surface area (Å²) in [5.74, 6) is -0.146. The molecule has 1 aromatic heterocycles. The lowest BCUT2D eigenvalue weighted by Gasteiger charge is -2.09. The van der Waals surface area contributed by atoms with Crippen LogP contribution in [0.1, 0.15) is 10.4 Å². The van der Waals surface area contributed by atoms with Gasteiger partial charge in [0.2, 0.25) is 0 Å². The van der Waals surface area contributed by atoms with Crippen molar-refractivity contribution in [2.75, 3.05) is 10.6 Å². The predicted molar refractivity (Wildman–Crippen MR) is 89.5 cm³/mol. The molecule has 2 N–H and O–H groups in total. The molecule has 0 spiro atoms. The Bertz CT molecular complexity index is 904. The molecule has 0 saturated heterocycles. The Morgan fingerprint density at radius 3 is 2.38 bits per heavy atom. The van der Waals surface area contributed by atoms with E-state index in [1.165, 1.54) is 0 Å². The number of hydrogen-bond donors (Lipinski definition) is 2. The number of benzene rings is 2. The minimum Gasteiger partial charge on any atom is -0.345 e. The van der Waals surface area contributed by atoms with Crippen molar-refractivity contribution in [3.63, 3.8) is 0 Å². The van der Waals surface area contributed by atoms with Crippen LogP contribution in [0.2, 0.25) is 10.0 Å². The zero-order valence-corrected chi connectivity index (χ0v) is 12.9. The molecule has 1 aliphatic heterocycles. The lowest BCUT2D eigenvalue weighted by molar-refractivity contribution is 0.103. The zero-order chi connectivity index (χ0) is 14.6. The number of carbonyl (C=O) groups is 1. The maximum atomic E-state index is 12.5. The number of hydrogen-bond acceptors (Lipinski definition) is 3. The highest BCUT2D eigenvalue weighted by Crippen LogP contribution is 2.43. The first kappa shape index (κ1) is 13.0. The third-order valence-corrected chi connectivity index (χ3v) is 5.19. The molecule has 104 valence electrons. The van der Waals surface area contributed by atoms with E-state index in [-0.39, 0.29) is 5.91 Å². The largest absolute Gasteiger partial charge is 0.345 e. The predicted octanol–water partition coefficient (Wildman–Crippen LogP) is 5.52. The van der Waals surface area contributed by atoms with Crippen LogP contribution in [0.25, 0.3) is 10.1 Å². The summed E-state index contributed by atoms with van der Waals surface area (Å²) in [5, 5.41) is 8.77. The molecule has 0 bridgehead atoms. The van der Waals surface area contributed by atoms with E-state index in [1.54, 1.807) is 23.5 Å². The molecule has 3 nitrogen and oxygen atoms in total. The summed E-state index contributed by atoms with van der Waals surface area (Å²) in [6.45, 7) is 0. The van der Waals surface area contributed by atoms with Gasteiger partial charge in [-0.05, 0) is 18.2 Å². The second-order valence-corrected chi connectivity index (χ2v) is 6.56. The van der Waals surface area contributed by atoms with Gasteiger partial charge >= 0.3 is 0 Å². The minimum absolute atomic E-state index is 0.146. The van der Waals surface area contributed by atoms with Crippen LogP contribution >= 0.6 is 34.5 Å². The van der Waals surface area contributed by atoms with Crippen molar-refractivity contribution < 1.29 is 4.79 Å². The van der Waals surface area contributed by atoms with Gasteiger partial charge in [0.05, 0.1) is 27.0 Å². The van der Waals surface area contributed by atoms with E-state index in [1.807, 2.05) is 24.3 Å². The van der Waals surface area contributed by atoms with Crippen molar-refractivity contribution >= 4 is 66.9 Å². The molecule has 1 amide bonds. The summed E-state index contributed by atoms with van der Waals surface area (Å²) in [6, 6.07) is 11.2. The Kier molecular flexibility index (Phi) is 2.85. The van der Waals surface area contributed by atoms with Crippen LogP contribution in [0, 0.1) is 0 Å². The number of fused-ring (bicyclic) bond motifs is 4. The van der Waals surface area contributed by atoms with E-state index in [4.69, 9.17) is 23.2 Å². The molecule has 0 fully saturated rings. The highest BCUT2D eigenvalue weighted by atomic mass is 35.5. The van der Waals surface area contributed by atoms with Crippen LogP contribution < -0.4 is 10.6 Å². The van der Waals surface area contributed by atoms with Gasteiger partial charge in [-0.25, -0.2) is 0 Å². The fourth-order valence-corrected chi connectivity index (χ4v) is 3.86. The van der Waals surface area contributed by atoms with Crippen LogP contribution in [0.4, 0.5) is 16.4 Å². The smallest absolute Gasteiger partial charge is 0.259 e. The van der Waals surface area contributed by atoms with E-state index in [2.05, 4.69) is 10.6 Å². The van der Waals surface area contributed by atoms with E-state index < -0.39 is 0 Å². The van der Waals surface area contributed by atoms with Crippen molar-refractivity contribution in [3.8, 4) is 0 Å². The van der Waals surface area contributed by atoms with Crippen LogP contribution in [-0.2, 0) is 0 Å². The molecule has 0 saturated carbocycles. The number of halogens is 2. The van der Waals surface area contributed by atoms with Gasteiger partial charge in [-0.2, -0.15) is 0 Å². The second-order valence-electron chi connectivity index (χ2n) is 4.69. The van der Waals surface area contributed by atoms with Crippen molar-refractivity contribution in [1.82, 2.24) is 0 Å². The van der Waals surface area contributed by atoms with Gasteiger partial charge in [-0.1, -0.05) is 41.4 Å². The highest BCUT2D eigenvalue weighted by Gasteiger charge is 2.24. The molecular formula is C15H8Cl2N2OS. The molecule has 0 unspecified atom stereocenters. The van der Waals surface area contributed by atoms with Crippen LogP contribution in [0.15, 0.2) is 36.4 Å². The van der Waals surface area contributed by atoms with E-state index in [9.17, 15) is 4.79 Å². The summed E-state index contributed by atoms with van der Waals surface area (Å²) in [7, 11) is 0. The summed E-state index contributed by atoms with van der Waals surface area (Å²) < 4.78 is 1.06. The molecule has 2 heterocycles. The number of carbonyl (C=O) groups excluding carboxylic acids is 1. The summed E-state index contributed by atoms with van der Waals surface area (Å²) in [4.78, 5) is 12.5. The van der Waals surface area contributed by atoms with Crippen molar-refractivity contribution in [2.24, 2.45) is 0 Å². The lowest BCUT2D eigenvalue weighted by Crippen LogP contribution is -2.10. The Labute approximate surface area is 134 Å². The topological polar surface area (TPSA) is 41.1 Å². The summed E-state index contributed by atoms with van der Waals surface area (Å²) >= 11 is 13.6. The fourth-order valence-electron chi connectivity index (χ4n) is 2.42. The van der Waals surface area contributed by atoms with Crippen LogP contribution in [0.5, 0.6) is 0 Å². The number of thiophene rings is 1. The molecule has 21 heavy (non-hydrogen) atoms. The molecule has 2 aromatic carbocycles. The average molecular weight is 335 g/mol. The van der Waals surface area contributed by atoms with Gasteiger partial charge in [0, 0.05) is 10.1 Å². The molecule has 4 rings (SSSR count). The third kappa shape index (κ3) is 1.99. The quantitative estimate of drug-likeness (QED) is 0.568. The van der Waals surface area contributed by atoms with Gasteiger partial charge in [0.15, 0.2) is 0 Å². The average Bonchev–Trinajstić information content (AvgIpc) is 2.76. The third-order valence-electron chi connectivity index (χ3n) is 3.38. The van der Waals surface area contributed by atoms with Crippen molar-refractivity contribution in [1.29, 1.82) is 0 Å². The molecular weight excluding hydrogens is 327 g/mol. The molecule has 3 aromatic rings. The highest BCUT2D eigenvalue weighted by molar-refractivity contribution is 7.23. The standard InChI is InChI=1S/C15H8Cl2N2OS/c16-8-5-10-11(6-9(8)17)19-15-13(14(20)18-10)7-3-1-2-4-12(7)21-15/h1-6,19H,(H,18,20). The summed E-state index contributed by atoms with van der Waals surface area (Å²) in [5.41, 5.74) is 2.02. The van der Waals surface area contributed by atoms with Gasteiger partial charge in [-0.3, -0.25) is 4.79 Å².